The molecule has 12 heteroatoms. The monoisotopic (exact) mass is 580 g/mol. The molecule has 0 aliphatic rings. The summed E-state index contributed by atoms with van der Waals surface area (Å²) in [6, 6.07) is 10.8. The van der Waals surface area contributed by atoms with Gasteiger partial charge in [0.15, 0.2) is 0 Å². The van der Waals surface area contributed by atoms with E-state index in [0.29, 0.717) is 17.1 Å². The first-order chi connectivity index (χ1) is 18.1. The average Bonchev–Trinajstić information content (AvgIpc) is 2.80. The summed E-state index contributed by atoms with van der Waals surface area (Å²) < 4.78 is 43.1. The molecule has 2 rings (SSSR count). The van der Waals surface area contributed by atoms with Crippen LogP contribution >= 0.6 is 11.6 Å². The van der Waals surface area contributed by atoms with Gasteiger partial charge in [-0.05, 0) is 68.4 Å². The second-order valence-electron chi connectivity index (χ2n) is 9.06. The first-order valence-corrected chi connectivity index (χ1v) is 13.8. The van der Waals surface area contributed by atoms with E-state index in [0.717, 1.165) is 11.8 Å². The van der Waals surface area contributed by atoms with Gasteiger partial charge in [0.1, 0.15) is 11.4 Å². The van der Waals surface area contributed by atoms with E-state index in [1.165, 1.54) is 41.5 Å². The quantitative estimate of drug-likeness (QED) is 0.349. The van der Waals surface area contributed by atoms with Crippen LogP contribution < -0.4 is 15.4 Å². The summed E-state index contributed by atoms with van der Waals surface area (Å²) in [6.45, 7) is 9.21. The molecule has 2 aromatic rings. The Labute approximate surface area is 234 Å². The van der Waals surface area contributed by atoms with E-state index in [9.17, 15) is 22.4 Å². The van der Waals surface area contributed by atoms with Gasteiger partial charge in [0.05, 0.1) is 11.9 Å². The number of nitrogens with one attached hydrogen (secondary N) is 3. The largest absolute Gasteiger partial charge is 0.444 e. The van der Waals surface area contributed by atoms with Crippen molar-refractivity contribution in [2.45, 2.75) is 32.9 Å². The van der Waals surface area contributed by atoms with Crippen LogP contribution in [0.15, 0.2) is 73.7 Å². The van der Waals surface area contributed by atoms with Crippen molar-refractivity contribution in [3.05, 3.63) is 95.7 Å². The summed E-state index contributed by atoms with van der Waals surface area (Å²) in [5.41, 5.74) is 1.24. The first kappa shape index (κ1) is 33.2. The van der Waals surface area contributed by atoms with Crippen LogP contribution in [0.25, 0.3) is 6.08 Å². The molecular formula is C27H34ClFN4O5S. The molecule has 0 radical (unpaired) electrons. The molecule has 0 saturated heterocycles. The van der Waals surface area contributed by atoms with Crippen molar-refractivity contribution in [3.8, 4) is 0 Å². The highest BCUT2D eigenvalue weighted by Gasteiger charge is 2.14. The highest BCUT2D eigenvalue weighted by atomic mass is 35.5. The Bertz CT molecular complexity index is 1290. The molecule has 2 amide bonds. The number of rotatable bonds is 9. The van der Waals surface area contributed by atoms with Crippen molar-refractivity contribution in [2.24, 2.45) is 0 Å². The number of amides is 2. The van der Waals surface area contributed by atoms with E-state index in [1.54, 1.807) is 64.5 Å². The predicted molar refractivity (Wildman–Crippen MR) is 154 cm³/mol. The number of sulfonamides is 1. The van der Waals surface area contributed by atoms with E-state index in [2.05, 4.69) is 21.9 Å². The lowest BCUT2D eigenvalue weighted by Crippen LogP contribution is -2.29. The number of carbonyl (C=O) groups excluding carboxylic acids is 2. The molecule has 0 aliphatic carbocycles. The SMILES string of the molecule is C=CNC(=O)OC(C)(C)C.CN(/C=C/NCc1ccc(F)cc1)C(=O)/C=C/c1ccc(Cl)cc1NS(C)(=O)=O. The number of ether oxygens (including phenoxy) is 1. The van der Waals surface area contributed by atoms with Crippen molar-refractivity contribution >= 4 is 45.4 Å². The molecule has 2 aromatic carbocycles. The van der Waals surface area contributed by atoms with Crippen LogP contribution in [0, 0.1) is 5.82 Å². The van der Waals surface area contributed by atoms with Crippen molar-refractivity contribution in [3.63, 3.8) is 0 Å². The Balaban J connectivity index is 0.000000646. The Kier molecular flexibility index (Phi) is 13.2. The van der Waals surface area contributed by atoms with E-state index in [1.807, 2.05) is 0 Å². The zero-order chi connectivity index (χ0) is 29.6. The Hall–Kier alpha value is -3.83. The lowest BCUT2D eigenvalue weighted by Gasteiger charge is -2.18. The third kappa shape index (κ3) is 15.2. The number of anilines is 1. The molecule has 0 bridgehead atoms. The molecule has 3 N–H and O–H groups in total. The van der Waals surface area contributed by atoms with Gasteiger partial charge in [-0.25, -0.2) is 17.6 Å². The fraction of sp³-hybridized carbons (Fsp3) is 0.259. The minimum atomic E-state index is -3.49. The number of alkyl carbamates (subject to hydrolysis) is 1. The van der Waals surface area contributed by atoms with Crippen LogP contribution in [-0.4, -0.2) is 44.2 Å². The van der Waals surface area contributed by atoms with Crippen molar-refractivity contribution in [2.75, 3.05) is 18.0 Å². The molecule has 0 unspecified atom stereocenters. The molecule has 0 fully saturated rings. The van der Waals surface area contributed by atoms with Gasteiger partial charge in [-0.2, -0.15) is 0 Å². The zero-order valence-corrected chi connectivity index (χ0v) is 24.1. The van der Waals surface area contributed by atoms with Crippen molar-refractivity contribution < 1.29 is 27.1 Å². The van der Waals surface area contributed by atoms with Gasteiger partial charge in [0.2, 0.25) is 15.9 Å². The maximum Gasteiger partial charge on any atom is 0.411 e. The number of hydrogen-bond acceptors (Lipinski definition) is 6. The summed E-state index contributed by atoms with van der Waals surface area (Å²) in [5.74, 6) is -0.609. The summed E-state index contributed by atoms with van der Waals surface area (Å²) in [5, 5.41) is 5.68. The molecule has 0 atom stereocenters. The Morgan fingerprint density at radius 3 is 2.36 bits per heavy atom. The fourth-order valence-corrected chi connectivity index (χ4v) is 3.40. The summed E-state index contributed by atoms with van der Waals surface area (Å²) in [6.07, 6.45) is 7.83. The molecule has 0 aliphatic heterocycles. The smallest absolute Gasteiger partial charge is 0.411 e. The molecule has 212 valence electrons. The molecule has 0 aromatic heterocycles. The molecule has 39 heavy (non-hydrogen) atoms. The normalized spacial score (nSPS) is 11.4. The summed E-state index contributed by atoms with van der Waals surface area (Å²) in [4.78, 5) is 24.2. The fourth-order valence-electron chi connectivity index (χ4n) is 2.65. The number of halogens is 2. The maximum atomic E-state index is 12.9. The minimum Gasteiger partial charge on any atom is -0.444 e. The second kappa shape index (κ2) is 15.6. The van der Waals surface area contributed by atoms with Crippen LogP contribution in [0.3, 0.4) is 0 Å². The highest BCUT2D eigenvalue weighted by Crippen LogP contribution is 2.23. The van der Waals surface area contributed by atoms with Crippen LogP contribution in [0.1, 0.15) is 31.9 Å². The lowest BCUT2D eigenvalue weighted by molar-refractivity contribution is -0.122. The van der Waals surface area contributed by atoms with Crippen LogP contribution in [0.2, 0.25) is 5.02 Å². The van der Waals surface area contributed by atoms with Gasteiger partial charge < -0.3 is 15.0 Å². The van der Waals surface area contributed by atoms with Gasteiger partial charge in [0.25, 0.3) is 0 Å². The van der Waals surface area contributed by atoms with Crippen molar-refractivity contribution in [1.29, 1.82) is 0 Å². The molecule has 0 spiro atoms. The third-order valence-corrected chi connectivity index (χ3v) is 5.14. The van der Waals surface area contributed by atoms with Crippen LogP contribution in [0.5, 0.6) is 0 Å². The number of nitrogens with zero attached hydrogens (tertiary/aromatic N) is 1. The first-order valence-electron chi connectivity index (χ1n) is 11.6. The standard InChI is InChI=1S/C20H21ClFN3O3S.C7H13NO2/c1-25(12-11-23-14-15-3-8-18(22)9-4-15)20(26)10-6-16-5-7-17(21)13-19(16)24-29(2,27)28;1-5-8-6(9)10-7(2,3)4/h3-13,23-24H,14H2,1-2H3;5H,1H2,2-4H3,(H,8,9)/b10-6+,12-11+;. The lowest BCUT2D eigenvalue weighted by atomic mass is 10.1. The predicted octanol–water partition coefficient (Wildman–Crippen LogP) is 5.24. The van der Waals surface area contributed by atoms with Gasteiger partial charge in [-0.1, -0.05) is 36.4 Å². The van der Waals surface area contributed by atoms with Gasteiger partial charge >= 0.3 is 6.09 Å². The number of carbonyl (C=O) groups is 2. The third-order valence-electron chi connectivity index (χ3n) is 4.32. The summed E-state index contributed by atoms with van der Waals surface area (Å²) in [7, 11) is -1.91. The van der Waals surface area contributed by atoms with E-state index >= 15 is 0 Å². The van der Waals surface area contributed by atoms with E-state index < -0.39 is 21.7 Å². The zero-order valence-electron chi connectivity index (χ0n) is 22.5. The number of likely N-dealkylation sites (N-methyl/N-ethyl adjacent to an activating group) is 1. The van der Waals surface area contributed by atoms with Gasteiger partial charge in [0, 0.05) is 37.1 Å². The molecule has 9 nitrogen and oxygen atoms in total. The molecular weight excluding hydrogens is 547 g/mol. The van der Waals surface area contributed by atoms with Gasteiger partial charge in [-0.15, -0.1) is 0 Å². The Morgan fingerprint density at radius 1 is 1.15 bits per heavy atom. The number of hydrogen-bond donors (Lipinski definition) is 3. The second-order valence-corrected chi connectivity index (χ2v) is 11.2. The minimum absolute atomic E-state index is 0.281. The van der Waals surface area contributed by atoms with Crippen LogP contribution in [-0.2, 0) is 26.1 Å². The summed E-state index contributed by atoms with van der Waals surface area (Å²) >= 11 is 5.91. The molecule has 0 heterocycles. The Morgan fingerprint density at radius 2 is 1.79 bits per heavy atom. The number of benzene rings is 2. The van der Waals surface area contributed by atoms with Crippen LogP contribution in [0.4, 0.5) is 14.9 Å². The van der Waals surface area contributed by atoms with Gasteiger partial charge in [-0.3, -0.25) is 14.8 Å². The molecule has 0 saturated carbocycles. The average molecular weight is 581 g/mol. The van der Waals surface area contributed by atoms with Crippen molar-refractivity contribution in [1.82, 2.24) is 15.5 Å². The topological polar surface area (TPSA) is 117 Å². The van der Waals surface area contributed by atoms with E-state index in [4.69, 9.17) is 16.3 Å². The highest BCUT2D eigenvalue weighted by molar-refractivity contribution is 7.92. The maximum absolute atomic E-state index is 12.9. The van der Waals surface area contributed by atoms with E-state index in [-0.39, 0.29) is 17.4 Å².